The van der Waals surface area contributed by atoms with Crippen LogP contribution in [-0.4, -0.2) is 29.3 Å². The van der Waals surface area contributed by atoms with Gasteiger partial charge in [0.05, 0.1) is 18.0 Å². The summed E-state index contributed by atoms with van der Waals surface area (Å²) in [7, 11) is -3.36. The highest BCUT2D eigenvalue weighted by molar-refractivity contribution is 7.92. The van der Waals surface area contributed by atoms with Gasteiger partial charge in [0.1, 0.15) is 6.04 Å². The van der Waals surface area contributed by atoms with Crippen LogP contribution in [0.3, 0.4) is 0 Å². The monoisotopic (exact) mass is 503 g/mol. The molecule has 2 aromatic heterocycles. The molecule has 178 valence electrons. The van der Waals surface area contributed by atoms with Crippen LogP contribution in [0.4, 0.5) is 11.4 Å². The number of benzene rings is 2. The number of pyridine rings is 1. The highest BCUT2D eigenvalue weighted by Gasteiger charge is 2.42. The summed E-state index contributed by atoms with van der Waals surface area (Å²) in [6.45, 7) is 2.08. The minimum Gasteiger partial charge on any atom is -0.351 e. The largest absolute Gasteiger partial charge is 0.351 e. The van der Waals surface area contributed by atoms with Crippen LogP contribution < -0.4 is 14.9 Å². The first-order valence-corrected chi connectivity index (χ1v) is 13.4. The Bertz CT molecular complexity index is 1470. The number of sulfonamides is 1. The Morgan fingerprint density at radius 3 is 2.46 bits per heavy atom. The minimum absolute atomic E-state index is 0.184. The van der Waals surface area contributed by atoms with Crippen molar-refractivity contribution in [3.8, 4) is 5.69 Å². The molecule has 35 heavy (non-hydrogen) atoms. The molecule has 2 aromatic carbocycles. The maximum Gasteiger partial charge on any atom is 0.229 e. The molecule has 0 amide bonds. The van der Waals surface area contributed by atoms with Gasteiger partial charge in [-0.25, -0.2) is 8.42 Å². The molecule has 1 saturated heterocycles. The van der Waals surface area contributed by atoms with Gasteiger partial charge in [-0.3, -0.25) is 9.71 Å². The summed E-state index contributed by atoms with van der Waals surface area (Å²) in [5.74, 6) is 0. The average Bonchev–Trinajstić information content (AvgIpc) is 3.43. The summed E-state index contributed by atoms with van der Waals surface area (Å²) < 4.78 is 28.0. The molecule has 3 heterocycles. The molecule has 0 unspecified atom stereocenters. The van der Waals surface area contributed by atoms with Gasteiger partial charge in [0.15, 0.2) is 5.11 Å². The second-order valence-corrected chi connectivity index (χ2v) is 10.7. The highest BCUT2D eigenvalue weighted by Crippen LogP contribution is 2.42. The van der Waals surface area contributed by atoms with Crippen molar-refractivity contribution in [2.75, 3.05) is 15.9 Å². The van der Waals surface area contributed by atoms with Gasteiger partial charge in [0, 0.05) is 35.1 Å². The predicted octanol–water partition coefficient (Wildman–Crippen LogP) is 4.73. The van der Waals surface area contributed by atoms with Crippen LogP contribution >= 0.6 is 12.2 Å². The Labute approximate surface area is 210 Å². The van der Waals surface area contributed by atoms with E-state index >= 15 is 0 Å². The first kappa shape index (κ1) is 23.1. The quantitative estimate of drug-likeness (QED) is 0.371. The lowest BCUT2D eigenvalue weighted by Gasteiger charge is -2.29. The standard InChI is InChI=1S/C26H25N5O2S2/c1-18-7-5-8-21(17-18)30-16-6-10-23(30)25-24(22-9-3-4-15-27-22)28-26(34)31(25)20-13-11-19(12-14-20)29-35(2,32)33/h3-17,24-25,29H,1-2H3,(H,28,34)/t24-,25+/m0/s1. The van der Waals surface area contributed by atoms with Crippen molar-refractivity contribution in [3.05, 3.63) is 108 Å². The highest BCUT2D eigenvalue weighted by atomic mass is 32.2. The Morgan fingerprint density at radius 2 is 1.77 bits per heavy atom. The van der Waals surface area contributed by atoms with E-state index in [0.717, 1.165) is 29.0 Å². The Hall–Kier alpha value is -3.69. The van der Waals surface area contributed by atoms with Crippen molar-refractivity contribution in [1.82, 2.24) is 14.9 Å². The van der Waals surface area contributed by atoms with Gasteiger partial charge in [-0.2, -0.15) is 0 Å². The molecule has 9 heteroatoms. The van der Waals surface area contributed by atoms with Crippen molar-refractivity contribution >= 4 is 38.7 Å². The average molecular weight is 504 g/mol. The van der Waals surface area contributed by atoms with Gasteiger partial charge in [-0.05, 0) is 85.4 Å². The Balaban J connectivity index is 1.61. The molecule has 1 fully saturated rings. The first-order chi connectivity index (χ1) is 16.8. The Kier molecular flexibility index (Phi) is 6.04. The third-order valence-corrected chi connectivity index (χ3v) is 6.83. The molecule has 5 rings (SSSR count). The van der Waals surface area contributed by atoms with Crippen LogP contribution in [-0.2, 0) is 10.0 Å². The van der Waals surface area contributed by atoms with Crippen LogP contribution in [0.1, 0.15) is 29.0 Å². The third-order valence-electron chi connectivity index (χ3n) is 5.91. The third kappa shape index (κ3) is 4.78. The van der Waals surface area contributed by atoms with E-state index in [0.29, 0.717) is 10.8 Å². The second kappa shape index (κ2) is 9.16. The van der Waals surface area contributed by atoms with Gasteiger partial charge < -0.3 is 14.8 Å². The molecule has 4 aromatic rings. The van der Waals surface area contributed by atoms with Gasteiger partial charge in [0.25, 0.3) is 0 Å². The normalized spacial score (nSPS) is 17.9. The molecule has 1 aliphatic heterocycles. The fourth-order valence-corrected chi connectivity index (χ4v) is 5.40. The smallest absolute Gasteiger partial charge is 0.229 e. The number of nitrogens with zero attached hydrogens (tertiary/aromatic N) is 3. The van der Waals surface area contributed by atoms with Gasteiger partial charge >= 0.3 is 0 Å². The van der Waals surface area contributed by atoms with Crippen LogP contribution in [0.25, 0.3) is 5.69 Å². The van der Waals surface area contributed by atoms with Crippen LogP contribution in [0.5, 0.6) is 0 Å². The number of anilines is 2. The topological polar surface area (TPSA) is 79.3 Å². The lowest BCUT2D eigenvalue weighted by atomic mass is 10.0. The van der Waals surface area contributed by atoms with E-state index in [1.165, 1.54) is 5.56 Å². The molecule has 7 nitrogen and oxygen atoms in total. The van der Waals surface area contributed by atoms with Crippen molar-refractivity contribution in [2.45, 2.75) is 19.0 Å². The van der Waals surface area contributed by atoms with Crippen molar-refractivity contribution in [3.63, 3.8) is 0 Å². The maximum atomic E-state index is 11.6. The van der Waals surface area contributed by atoms with Crippen molar-refractivity contribution in [2.24, 2.45) is 0 Å². The zero-order valence-corrected chi connectivity index (χ0v) is 20.9. The Morgan fingerprint density at radius 1 is 0.971 bits per heavy atom. The van der Waals surface area contributed by atoms with E-state index in [1.807, 2.05) is 42.5 Å². The zero-order chi connectivity index (χ0) is 24.6. The summed E-state index contributed by atoms with van der Waals surface area (Å²) in [5, 5.41) is 4.05. The van der Waals surface area contributed by atoms with E-state index in [1.54, 1.807) is 18.3 Å². The second-order valence-electron chi connectivity index (χ2n) is 8.56. The zero-order valence-electron chi connectivity index (χ0n) is 19.3. The summed E-state index contributed by atoms with van der Waals surface area (Å²) in [6.07, 6.45) is 4.97. The predicted molar refractivity (Wildman–Crippen MR) is 143 cm³/mol. The first-order valence-electron chi connectivity index (χ1n) is 11.1. The summed E-state index contributed by atoms with van der Waals surface area (Å²) in [6, 6.07) is 25.2. The lowest BCUT2D eigenvalue weighted by Crippen LogP contribution is -2.30. The van der Waals surface area contributed by atoms with Crippen LogP contribution in [0, 0.1) is 6.92 Å². The number of thiocarbonyl (C=S) groups is 1. The lowest BCUT2D eigenvalue weighted by molar-refractivity contribution is 0.549. The van der Waals surface area contributed by atoms with Crippen LogP contribution in [0.15, 0.2) is 91.3 Å². The van der Waals surface area contributed by atoms with Gasteiger partial charge in [-0.15, -0.1) is 0 Å². The molecule has 0 bridgehead atoms. The number of aromatic nitrogens is 2. The molecule has 2 N–H and O–H groups in total. The molecule has 2 atom stereocenters. The summed E-state index contributed by atoms with van der Waals surface area (Å²) >= 11 is 5.82. The minimum atomic E-state index is -3.36. The SMILES string of the molecule is Cc1cccc(-n2cccc2[C@@H]2[C@H](c3ccccn3)NC(=S)N2c2ccc(NS(C)(=O)=O)cc2)c1. The number of hydrogen-bond donors (Lipinski definition) is 2. The fraction of sp³-hybridized carbons (Fsp3) is 0.154. The van der Waals surface area contributed by atoms with Crippen LogP contribution in [0.2, 0.25) is 0 Å². The van der Waals surface area contributed by atoms with E-state index in [-0.39, 0.29) is 12.1 Å². The van der Waals surface area contributed by atoms with E-state index in [9.17, 15) is 8.42 Å². The van der Waals surface area contributed by atoms with E-state index in [4.69, 9.17) is 12.2 Å². The molecule has 0 aliphatic carbocycles. The number of hydrogen-bond acceptors (Lipinski definition) is 4. The van der Waals surface area contributed by atoms with Gasteiger partial charge in [-0.1, -0.05) is 18.2 Å². The number of nitrogens with one attached hydrogen (secondary N) is 2. The van der Waals surface area contributed by atoms with Crippen molar-refractivity contribution < 1.29 is 8.42 Å². The maximum absolute atomic E-state index is 11.6. The number of aryl methyl sites for hydroxylation is 1. The van der Waals surface area contributed by atoms with Gasteiger partial charge in [0.2, 0.25) is 10.0 Å². The van der Waals surface area contributed by atoms with E-state index in [2.05, 4.69) is 61.9 Å². The molecule has 1 aliphatic rings. The summed E-state index contributed by atoms with van der Waals surface area (Å²) in [4.78, 5) is 6.69. The fourth-order valence-electron chi connectivity index (χ4n) is 4.49. The number of rotatable bonds is 6. The molecule has 0 saturated carbocycles. The molecular formula is C26H25N5O2S2. The molecular weight excluding hydrogens is 478 g/mol. The van der Waals surface area contributed by atoms with E-state index < -0.39 is 10.0 Å². The molecule has 0 spiro atoms. The molecule has 0 radical (unpaired) electrons. The summed E-state index contributed by atoms with van der Waals surface area (Å²) in [5.41, 5.74) is 5.52. The van der Waals surface area contributed by atoms with Crippen molar-refractivity contribution in [1.29, 1.82) is 0 Å².